The summed E-state index contributed by atoms with van der Waals surface area (Å²) in [5.74, 6) is -0.730. The van der Waals surface area contributed by atoms with Crippen molar-refractivity contribution < 1.29 is 9.90 Å². The van der Waals surface area contributed by atoms with E-state index in [4.69, 9.17) is 5.11 Å². The molecule has 0 aliphatic heterocycles. The van der Waals surface area contributed by atoms with Crippen LogP contribution in [-0.4, -0.2) is 15.6 Å². The van der Waals surface area contributed by atoms with Crippen LogP contribution in [0.15, 0.2) is 23.1 Å². The Morgan fingerprint density at radius 2 is 2.21 bits per heavy atom. The predicted molar refractivity (Wildman–Crippen MR) is 52.4 cm³/mol. The Balaban J connectivity index is 3.02. The minimum atomic E-state index is -1.01. The van der Waals surface area contributed by atoms with Crippen LogP contribution in [0.5, 0.6) is 0 Å². The molecule has 1 heterocycles. The van der Waals surface area contributed by atoms with Gasteiger partial charge in [-0.1, -0.05) is 13.8 Å². The van der Waals surface area contributed by atoms with Gasteiger partial charge in [-0.15, -0.1) is 0 Å². The topological polar surface area (TPSA) is 59.3 Å². The van der Waals surface area contributed by atoms with Gasteiger partial charge >= 0.3 is 5.97 Å². The second kappa shape index (κ2) is 4.09. The molecule has 0 spiro atoms. The van der Waals surface area contributed by atoms with E-state index in [2.05, 4.69) is 0 Å². The minimum absolute atomic E-state index is 0.265. The van der Waals surface area contributed by atoms with Crippen LogP contribution in [0.1, 0.15) is 25.3 Å². The van der Waals surface area contributed by atoms with Gasteiger partial charge in [0.2, 0.25) is 0 Å². The molecular formula is C10H13NO3. The Morgan fingerprint density at radius 3 is 2.64 bits per heavy atom. The average molecular weight is 195 g/mol. The van der Waals surface area contributed by atoms with E-state index in [-0.39, 0.29) is 18.0 Å². The molecule has 4 nitrogen and oxygen atoms in total. The lowest BCUT2D eigenvalue weighted by Crippen LogP contribution is -2.23. The Kier molecular flexibility index (Phi) is 3.06. The summed E-state index contributed by atoms with van der Waals surface area (Å²) in [6.07, 6.45) is 1.52. The summed E-state index contributed by atoms with van der Waals surface area (Å²) in [5.41, 5.74) is 0.662. The Morgan fingerprint density at radius 1 is 1.57 bits per heavy atom. The van der Waals surface area contributed by atoms with Crippen LogP contribution in [-0.2, 0) is 11.3 Å². The van der Waals surface area contributed by atoms with Crippen LogP contribution in [0.4, 0.5) is 0 Å². The molecule has 0 aliphatic rings. The van der Waals surface area contributed by atoms with E-state index < -0.39 is 5.97 Å². The fraction of sp³-hybridized carbons (Fsp3) is 0.400. The molecule has 1 aromatic heterocycles. The van der Waals surface area contributed by atoms with Gasteiger partial charge in [0.25, 0.3) is 5.56 Å². The maximum absolute atomic E-state index is 11.4. The highest BCUT2D eigenvalue weighted by Crippen LogP contribution is 2.10. The van der Waals surface area contributed by atoms with Crippen molar-refractivity contribution in [3.05, 3.63) is 34.2 Å². The molecule has 0 fully saturated rings. The number of rotatable bonds is 3. The van der Waals surface area contributed by atoms with Gasteiger partial charge in [0.15, 0.2) is 0 Å². The second-order valence-corrected chi connectivity index (χ2v) is 3.47. The van der Waals surface area contributed by atoms with E-state index in [1.165, 1.54) is 16.8 Å². The number of carbonyl (C=O) groups is 1. The van der Waals surface area contributed by atoms with Gasteiger partial charge in [-0.2, -0.15) is 0 Å². The Bertz CT molecular complexity index is 393. The molecule has 4 heteroatoms. The zero-order valence-corrected chi connectivity index (χ0v) is 8.23. The monoisotopic (exact) mass is 195 g/mol. The van der Waals surface area contributed by atoms with E-state index in [1.807, 2.05) is 13.8 Å². The maximum atomic E-state index is 11.4. The fourth-order valence-corrected chi connectivity index (χ4v) is 1.16. The van der Waals surface area contributed by atoms with Gasteiger partial charge in [-0.25, -0.2) is 0 Å². The largest absolute Gasteiger partial charge is 0.480 e. The number of hydrogen-bond acceptors (Lipinski definition) is 2. The summed E-state index contributed by atoms with van der Waals surface area (Å²) >= 11 is 0. The van der Waals surface area contributed by atoms with Gasteiger partial charge in [0, 0.05) is 12.3 Å². The Labute approximate surface area is 81.8 Å². The number of aromatic nitrogens is 1. The first-order valence-electron chi connectivity index (χ1n) is 4.43. The van der Waals surface area contributed by atoms with Crippen LogP contribution in [0.25, 0.3) is 0 Å². The second-order valence-electron chi connectivity index (χ2n) is 3.47. The lowest BCUT2D eigenvalue weighted by atomic mass is 10.1. The summed E-state index contributed by atoms with van der Waals surface area (Å²) in [7, 11) is 0. The standard InChI is InChI=1S/C10H13NO3/c1-7(2)8-3-4-11(6-10(13)14)9(12)5-8/h3-5,7H,6H2,1-2H3,(H,13,14). The van der Waals surface area contributed by atoms with E-state index in [9.17, 15) is 9.59 Å². The van der Waals surface area contributed by atoms with Crippen molar-refractivity contribution in [1.82, 2.24) is 4.57 Å². The smallest absolute Gasteiger partial charge is 0.323 e. The normalized spacial score (nSPS) is 10.5. The zero-order valence-electron chi connectivity index (χ0n) is 8.23. The van der Waals surface area contributed by atoms with Crippen molar-refractivity contribution in [2.45, 2.75) is 26.3 Å². The number of aliphatic carboxylic acids is 1. The third kappa shape index (κ3) is 2.45. The molecule has 0 aliphatic carbocycles. The Hall–Kier alpha value is -1.58. The summed E-state index contributed by atoms with van der Waals surface area (Å²) in [4.78, 5) is 21.8. The van der Waals surface area contributed by atoms with Crippen molar-refractivity contribution in [3.63, 3.8) is 0 Å². The van der Waals surface area contributed by atoms with E-state index >= 15 is 0 Å². The number of nitrogens with zero attached hydrogens (tertiary/aromatic N) is 1. The molecule has 0 saturated carbocycles. The molecule has 1 N–H and O–H groups in total. The first-order chi connectivity index (χ1) is 6.50. The summed E-state index contributed by atoms with van der Waals surface area (Å²) in [6, 6.07) is 3.25. The van der Waals surface area contributed by atoms with Crippen molar-refractivity contribution in [2.24, 2.45) is 0 Å². The SMILES string of the molecule is CC(C)c1ccn(CC(=O)O)c(=O)c1. The quantitative estimate of drug-likeness (QED) is 0.784. The van der Waals surface area contributed by atoms with Gasteiger partial charge in [-0.3, -0.25) is 9.59 Å². The molecule has 1 aromatic rings. The van der Waals surface area contributed by atoms with Crippen LogP contribution in [0.2, 0.25) is 0 Å². The van der Waals surface area contributed by atoms with Gasteiger partial charge in [0.1, 0.15) is 6.54 Å². The van der Waals surface area contributed by atoms with Gasteiger partial charge in [0.05, 0.1) is 0 Å². The molecule has 1 rings (SSSR count). The molecule has 0 bridgehead atoms. The summed E-state index contributed by atoms with van der Waals surface area (Å²) < 4.78 is 1.17. The molecule has 0 radical (unpaired) electrons. The third-order valence-electron chi connectivity index (χ3n) is 1.99. The number of hydrogen-bond donors (Lipinski definition) is 1. The van der Waals surface area contributed by atoms with Crippen LogP contribution < -0.4 is 5.56 Å². The zero-order chi connectivity index (χ0) is 10.7. The summed E-state index contributed by atoms with van der Waals surface area (Å²) in [5, 5.41) is 8.51. The van der Waals surface area contributed by atoms with Crippen molar-refractivity contribution >= 4 is 5.97 Å². The highest BCUT2D eigenvalue weighted by atomic mass is 16.4. The van der Waals surface area contributed by atoms with Gasteiger partial charge in [-0.05, 0) is 17.5 Å². The van der Waals surface area contributed by atoms with E-state index in [1.54, 1.807) is 6.07 Å². The molecule has 0 atom stereocenters. The molecule has 0 amide bonds. The number of pyridine rings is 1. The summed E-state index contributed by atoms with van der Waals surface area (Å²) in [6.45, 7) is 3.68. The molecule has 0 aromatic carbocycles. The van der Waals surface area contributed by atoms with Crippen molar-refractivity contribution in [2.75, 3.05) is 0 Å². The fourth-order valence-electron chi connectivity index (χ4n) is 1.16. The lowest BCUT2D eigenvalue weighted by molar-refractivity contribution is -0.137. The highest BCUT2D eigenvalue weighted by molar-refractivity contribution is 5.66. The lowest BCUT2D eigenvalue weighted by Gasteiger charge is -2.06. The molecule has 76 valence electrons. The van der Waals surface area contributed by atoms with Crippen LogP contribution >= 0.6 is 0 Å². The predicted octanol–water partition coefficient (Wildman–Crippen LogP) is 1.06. The number of carboxylic acid groups (broad SMARTS) is 1. The minimum Gasteiger partial charge on any atom is -0.480 e. The molecule has 0 unspecified atom stereocenters. The first-order valence-corrected chi connectivity index (χ1v) is 4.43. The van der Waals surface area contributed by atoms with Crippen molar-refractivity contribution in [3.8, 4) is 0 Å². The number of carboxylic acids is 1. The molecular weight excluding hydrogens is 182 g/mol. The van der Waals surface area contributed by atoms with E-state index in [0.29, 0.717) is 0 Å². The van der Waals surface area contributed by atoms with E-state index in [0.717, 1.165) is 5.56 Å². The van der Waals surface area contributed by atoms with Crippen LogP contribution in [0, 0.1) is 0 Å². The molecule has 0 saturated heterocycles. The highest BCUT2D eigenvalue weighted by Gasteiger charge is 2.04. The average Bonchev–Trinajstić information content (AvgIpc) is 2.07. The maximum Gasteiger partial charge on any atom is 0.323 e. The van der Waals surface area contributed by atoms with Crippen molar-refractivity contribution in [1.29, 1.82) is 0 Å². The van der Waals surface area contributed by atoms with Gasteiger partial charge < -0.3 is 9.67 Å². The first kappa shape index (κ1) is 10.5. The molecule has 14 heavy (non-hydrogen) atoms. The third-order valence-corrected chi connectivity index (χ3v) is 1.99. The van der Waals surface area contributed by atoms with Crippen LogP contribution in [0.3, 0.4) is 0 Å².